The van der Waals surface area contributed by atoms with E-state index in [4.69, 9.17) is 8.83 Å². The number of aromatic nitrogens is 3. The molecule has 0 aliphatic carbocycles. The lowest BCUT2D eigenvalue weighted by molar-refractivity contribution is 0.668. The molecule has 0 saturated heterocycles. The Labute approximate surface area is 370 Å². The van der Waals surface area contributed by atoms with Crippen LogP contribution >= 0.6 is 0 Å². The maximum atomic E-state index is 6.53. The molecule has 0 saturated carbocycles. The summed E-state index contributed by atoms with van der Waals surface area (Å²) in [5.41, 5.74) is 16.2. The van der Waals surface area contributed by atoms with Crippen LogP contribution in [0.5, 0.6) is 0 Å². The van der Waals surface area contributed by atoms with Crippen molar-refractivity contribution >= 4 is 109 Å². The van der Waals surface area contributed by atoms with Gasteiger partial charge in [0.15, 0.2) is 0 Å². The predicted octanol–water partition coefficient (Wildman–Crippen LogP) is 16.4. The summed E-state index contributed by atoms with van der Waals surface area (Å²) >= 11 is 0. The largest absolute Gasteiger partial charge is 0.456 e. The van der Waals surface area contributed by atoms with Gasteiger partial charge in [-0.2, -0.15) is 0 Å². The van der Waals surface area contributed by atoms with Crippen molar-refractivity contribution in [3.63, 3.8) is 0 Å². The van der Waals surface area contributed by atoms with Gasteiger partial charge in [0.25, 0.3) is 0 Å². The first-order chi connectivity index (χ1) is 32.2. The first-order valence-electron chi connectivity index (χ1n) is 22.2. The van der Waals surface area contributed by atoms with E-state index in [2.05, 4.69) is 214 Å². The molecule has 5 heterocycles. The van der Waals surface area contributed by atoms with E-state index in [1.54, 1.807) is 0 Å². The lowest BCUT2D eigenvalue weighted by atomic mass is 10.0. The van der Waals surface area contributed by atoms with E-state index in [1.807, 2.05) is 12.1 Å². The molecule has 15 rings (SSSR count). The summed E-state index contributed by atoms with van der Waals surface area (Å²) in [5.74, 6) is 0. The van der Waals surface area contributed by atoms with Crippen molar-refractivity contribution in [2.24, 2.45) is 0 Å². The van der Waals surface area contributed by atoms with Crippen molar-refractivity contribution in [2.45, 2.75) is 0 Å². The fourth-order valence-corrected chi connectivity index (χ4v) is 10.9. The first-order valence-corrected chi connectivity index (χ1v) is 22.2. The summed E-state index contributed by atoms with van der Waals surface area (Å²) in [4.78, 5) is 0. The standard InChI is InChI=1S/C60H35N3O2/c1-6-16-51-41(11-1)42-12-2-7-17-52(42)61(51)38-23-26-55-46(33-38)47-34-39(62-53-18-8-3-13-43(53)44-14-4-9-19-54(44)62)24-27-56(47)63(55)40-25-30-60-50(35-40)49-32-37(22-29-59(49)65-60)36-21-28-58-48(31-36)45-15-5-10-20-57(45)64-58/h1-35H. The Hall–Kier alpha value is -8.80. The molecule has 5 heteroatoms. The van der Waals surface area contributed by atoms with Crippen LogP contribution in [0.25, 0.3) is 137 Å². The van der Waals surface area contributed by atoms with Crippen molar-refractivity contribution in [1.82, 2.24) is 13.7 Å². The fourth-order valence-electron chi connectivity index (χ4n) is 10.9. The molecule has 0 aliphatic heterocycles. The minimum Gasteiger partial charge on any atom is -0.456 e. The Morgan fingerprint density at radius 3 is 0.985 bits per heavy atom. The highest BCUT2D eigenvalue weighted by atomic mass is 16.3. The second kappa shape index (κ2) is 12.9. The van der Waals surface area contributed by atoms with E-state index in [-0.39, 0.29) is 0 Å². The van der Waals surface area contributed by atoms with Crippen LogP contribution in [0, 0.1) is 0 Å². The van der Waals surface area contributed by atoms with Gasteiger partial charge in [-0.05, 0) is 120 Å². The van der Waals surface area contributed by atoms with Gasteiger partial charge >= 0.3 is 0 Å². The normalized spacial score (nSPS) is 12.3. The minimum atomic E-state index is 0.861. The SMILES string of the molecule is c1ccc2c(c1)oc1ccc(-c3ccc4oc5ccc(-n6c7ccc(-n8c9ccccc9c9ccccc98)cc7c7cc(-n8c9ccccc9c9ccccc98)ccc76)cc5c4c3)cc12. The number of furan rings is 2. The van der Waals surface area contributed by atoms with E-state index in [0.29, 0.717) is 0 Å². The van der Waals surface area contributed by atoms with Gasteiger partial charge in [0.05, 0.1) is 33.1 Å². The van der Waals surface area contributed by atoms with Crippen LogP contribution in [0.3, 0.4) is 0 Å². The molecule has 302 valence electrons. The highest BCUT2D eigenvalue weighted by Gasteiger charge is 2.20. The van der Waals surface area contributed by atoms with E-state index < -0.39 is 0 Å². The third-order valence-electron chi connectivity index (χ3n) is 13.8. The monoisotopic (exact) mass is 829 g/mol. The molecule has 0 atom stereocenters. The van der Waals surface area contributed by atoms with Crippen molar-refractivity contribution < 1.29 is 8.83 Å². The maximum absolute atomic E-state index is 6.53. The van der Waals surface area contributed by atoms with Gasteiger partial charge in [-0.25, -0.2) is 0 Å². The number of hydrogen-bond acceptors (Lipinski definition) is 2. The van der Waals surface area contributed by atoms with Gasteiger partial charge in [-0.3, -0.25) is 0 Å². The molecule has 5 aromatic heterocycles. The maximum Gasteiger partial charge on any atom is 0.135 e. The Morgan fingerprint density at radius 2 is 0.523 bits per heavy atom. The predicted molar refractivity (Wildman–Crippen MR) is 269 cm³/mol. The topological polar surface area (TPSA) is 41.1 Å². The average Bonchev–Trinajstić information content (AvgIpc) is 4.17. The van der Waals surface area contributed by atoms with Crippen molar-refractivity contribution in [1.29, 1.82) is 0 Å². The molecular formula is C60H35N3O2. The number of fused-ring (bicyclic) bond motifs is 15. The molecule has 5 nitrogen and oxygen atoms in total. The molecule has 0 bridgehead atoms. The van der Waals surface area contributed by atoms with Crippen LogP contribution in [0.4, 0.5) is 0 Å². The molecule has 0 aliphatic rings. The van der Waals surface area contributed by atoms with E-state index in [1.165, 1.54) is 54.4 Å². The summed E-state index contributed by atoms with van der Waals surface area (Å²) in [6, 6.07) is 76.8. The van der Waals surface area contributed by atoms with Gasteiger partial charge in [0.1, 0.15) is 22.3 Å². The van der Waals surface area contributed by atoms with Crippen LogP contribution < -0.4 is 0 Å². The summed E-state index contributed by atoms with van der Waals surface area (Å²) < 4.78 is 20.0. The average molecular weight is 830 g/mol. The summed E-state index contributed by atoms with van der Waals surface area (Å²) in [6.07, 6.45) is 0. The molecular weight excluding hydrogens is 795 g/mol. The molecule has 15 aromatic rings. The quantitative estimate of drug-likeness (QED) is 0.177. The molecule has 10 aromatic carbocycles. The highest BCUT2D eigenvalue weighted by Crippen LogP contribution is 2.42. The summed E-state index contributed by atoms with van der Waals surface area (Å²) in [6.45, 7) is 0. The smallest absolute Gasteiger partial charge is 0.135 e. The number of rotatable bonds is 4. The van der Waals surface area contributed by atoms with E-state index >= 15 is 0 Å². The van der Waals surface area contributed by atoms with Crippen LogP contribution in [0.1, 0.15) is 0 Å². The Balaban J connectivity index is 0.965. The van der Waals surface area contributed by atoms with E-state index in [0.717, 1.165) is 83.1 Å². The van der Waals surface area contributed by atoms with Gasteiger partial charge in [0, 0.05) is 70.9 Å². The Kier molecular flexibility index (Phi) is 6.89. The molecule has 0 radical (unpaired) electrons. The summed E-state index contributed by atoms with van der Waals surface area (Å²) in [7, 11) is 0. The van der Waals surface area contributed by atoms with Crippen molar-refractivity contribution in [2.75, 3.05) is 0 Å². The zero-order chi connectivity index (χ0) is 42.3. The number of hydrogen-bond donors (Lipinski definition) is 0. The van der Waals surface area contributed by atoms with Crippen LogP contribution in [-0.4, -0.2) is 13.7 Å². The number of benzene rings is 10. The van der Waals surface area contributed by atoms with Crippen LogP contribution in [0.15, 0.2) is 221 Å². The second-order valence-electron chi connectivity index (χ2n) is 17.3. The van der Waals surface area contributed by atoms with Gasteiger partial charge in [-0.15, -0.1) is 0 Å². The summed E-state index contributed by atoms with van der Waals surface area (Å²) in [5, 5.41) is 11.8. The molecule has 65 heavy (non-hydrogen) atoms. The Bertz CT molecular complexity index is 4220. The lowest BCUT2D eigenvalue weighted by Gasteiger charge is -2.11. The van der Waals surface area contributed by atoms with Crippen molar-refractivity contribution in [3.05, 3.63) is 212 Å². The first kappa shape index (κ1) is 34.7. The zero-order valence-corrected chi connectivity index (χ0v) is 34.9. The lowest BCUT2D eigenvalue weighted by Crippen LogP contribution is -1.96. The van der Waals surface area contributed by atoms with Gasteiger partial charge < -0.3 is 22.5 Å². The second-order valence-corrected chi connectivity index (χ2v) is 17.3. The highest BCUT2D eigenvalue weighted by molar-refractivity contribution is 6.15. The fraction of sp³-hybridized carbons (Fsp3) is 0. The third kappa shape index (κ3) is 4.87. The molecule has 0 N–H and O–H groups in total. The molecule has 0 spiro atoms. The zero-order valence-electron chi connectivity index (χ0n) is 34.9. The molecule has 0 fully saturated rings. The third-order valence-corrected chi connectivity index (χ3v) is 13.8. The minimum absolute atomic E-state index is 0.861. The molecule has 0 amide bonds. The Morgan fingerprint density at radius 1 is 0.215 bits per heavy atom. The van der Waals surface area contributed by atoms with Crippen LogP contribution in [-0.2, 0) is 0 Å². The molecule has 0 unspecified atom stereocenters. The van der Waals surface area contributed by atoms with Gasteiger partial charge in [-0.1, -0.05) is 103 Å². The van der Waals surface area contributed by atoms with Crippen molar-refractivity contribution in [3.8, 4) is 28.2 Å². The van der Waals surface area contributed by atoms with E-state index in [9.17, 15) is 0 Å². The number of para-hydroxylation sites is 5. The van der Waals surface area contributed by atoms with Crippen LogP contribution in [0.2, 0.25) is 0 Å². The number of nitrogens with zero attached hydrogens (tertiary/aromatic N) is 3. The van der Waals surface area contributed by atoms with Gasteiger partial charge in [0.2, 0.25) is 0 Å².